The van der Waals surface area contributed by atoms with Crippen molar-refractivity contribution in [1.82, 2.24) is 4.90 Å². The van der Waals surface area contributed by atoms with Gasteiger partial charge in [-0.3, -0.25) is 4.79 Å². The number of rotatable bonds is 2. The van der Waals surface area contributed by atoms with Gasteiger partial charge in [0.2, 0.25) is 0 Å². The van der Waals surface area contributed by atoms with Crippen LogP contribution in [0, 0.1) is 5.82 Å². The molecule has 1 unspecified atom stereocenters. The maximum absolute atomic E-state index is 13.7. The van der Waals surface area contributed by atoms with Gasteiger partial charge in [0.15, 0.2) is 6.10 Å². The van der Waals surface area contributed by atoms with Gasteiger partial charge in [0.25, 0.3) is 5.91 Å². The zero-order chi connectivity index (χ0) is 14.7. The number of halogens is 2. The van der Waals surface area contributed by atoms with E-state index in [2.05, 4.69) is 4.74 Å². The molecule has 1 aliphatic heterocycles. The third kappa shape index (κ3) is 3.08. The van der Waals surface area contributed by atoms with E-state index in [0.29, 0.717) is 0 Å². The molecule has 0 aromatic heterocycles. The van der Waals surface area contributed by atoms with Gasteiger partial charge < -0.3 is 14.4 Å². The van der Waals surface area contributed by atoms with Gasteiger partial charge >= 0.3 is 5.97 Å². The average Bonchev–Trinajstić information content (AvgIpc) is 2.46. The van der Waals surface area contributed by atoms with Crippen molar-refractivity contribution in [2.24, 2.45) is 0 Å². The Morgan fingerprint density at radius 2 is 2.25 bits per heavy atom. The van der Waals surface area contributed by atoms with E-state index in [9.17, 15) is 14.0 Å². The third-order valence-electron chi connectivity index (χ3n) is 2.98. The maximum Gasteiger partial charge on any atom is 0.336 e. The summed E-state index contributed by atoms with van der Waals surface area (Å²) in [6, 6.07) is 3.84. The lowest BCUT2D eigenvalue weighted by Crippen LogP contribution is -2.49. The molecule has 1 aromatic carbocycles. The van der Waals surface area contributed by atoms with Crippen molar-refractivity contribution in [3.8, 4) is 0 Å². The smallest absolute Gasteiger partial charge is 0.336 e. The number of hydrogen-bond donors (Lipinski definition) is 0. The summed E-state index contributed by atoms with van der Waals surface area (Å²) in [5, 5.41) is 0.216. The number of carbonyl (C=O) groups excluding carboxylic acids is 2. The molecule has 1 fully saturated rings. The Labute approximate surface area is 120 Å². The van der Waals surface area contributed by atoms with Crippen LogP contribution in [0.3, 0.4) is 0 Å². The molecule has 1 saturated heterocycles. The monoisotopic (exact) mass is 301 g/mol. The maximum atomic E-state index is 13.7. The highest BCUT2D eigenvalue weighted by molar-refractivity contribution is 6.30. The molecule has 5 nitrogen and oxygen atoms in total. The SMILES string of the molecule is COC(=O)C1CN(C(=O)c2ccc(Cl)cc2F)CCO1. The Kier molecular flexibility index (Phi) is 4.57. The van der Waals surface area contributed by atoms with Gasteiger partial charge in [-0.15, -0.1) is 0 Å². The van der Waals surface area contributed by atoms with Crippen LogP contribution in [0.4, 0.5) is 4.39 Å². The summed E-state index contributed by atoms with van der Waals surface area (Å²) in [5.41, 5.74) is -0.0834. The van der Waals surface area contributed by atoms with Crippen molar-refractivity contribution >= 4 is 23.5 Å². The molecule has 108 valence electrons. The van der Waals surface area contributed by atoms with E-state index in [4.69, 9.17) is 16.3 Å². The van der Waals surface area contributed by atoms with Gasteiger partial charge in [0.1, 0.15) is 5.82 Å². The summed E-state index contributed by atoms with van der Waals surface area (Å²) in [6.07, 6.45) is -0.840. The van der Waals surface area contributed by atoms with E-state index in [-0.39, 0.29) is 30.3 Å². The number of esters is 1. The fourth-order valence-corrected chi connectivity index (χ4v) is 2.10. The molecule has 1 heterocycles. The predicted molar refractivity (Wildman–Crippen MR) is 69.1 cm³/mol. The normalized spacial score (nSPS) is 18.8. The van der Waals surface area contributed by atoms with Crippen LogP contribution < -0.4 is 0 Å². The first kappa shape index (κ1) is 14.7. The Hall–Kier alpha value is -1.66. The summed E-state index contributed by atoms with van der Waals surface area (Å²) < 4.78 is 23.5. The molecule has 0 N–H and O–H groups in total. The second-order valence-electron chi connectivity index (χ2n) is 4.26. The topological polar surface area (TPSA) is 55.8 Å². The Bertz CT molecular complexity index is 537. The largest absolute Gasteiger partial charge is 0.467 e. The molecular formula is C13H13ClFNO4. The molecule has 1 aliphatic rings. The molecule has 2 rings (SSSR count). The number of ether oxygens (including phenoxy) is 2. The summed E-state index contributed by atoms with van der Waals surface area (Å²) in [4.78, 5) is 25.0. The number of amides is 1. The minimum Gasteiger partial charge on any atom is -0.467 e. The predicted octanol–water partition coefficient (Wildman–Crippen LogP) is 1.49. The van der Waals surface area contributed by atoms with Crippen molar-refractivity contribution < 1.29 is 23.5 Å². The van der Waals surface area contributed by atoms with Gasteiger partial charge in [-0.25, -0.2) is 9.18 Å². The highest BCUT2D eigenvalue weighted by atomic mass is 35.5. The minimum atomic E-state index is -0.840. The first-order valence-corrected chi connectivity index (χ1v) is 6.34. The third-order valence-corrected chi connectivity index (χ3v) is 3.21. The summed E-state index contributed by atoms with van der Waals surface area (Å²) >= 11 is 5.64. The standard InChI is InChI=1S/C13H13ClFNO4/c1-19-13(18)11-7-16(4-5-20-11)12(17)9-3-2-8(14)6-10(9)15/h2-3,6,11H,4-5,7H2,1H3. The van der Waals surface area contributed by atoms with E-state index < -0.39 is 23.8 Å². The van der Waals surface area contributed by atoms with Gasteiger partial charge in [0, 0.05) is 11.6 Å². The zero-order valence-corrected chi connectivity index (χ0v) is 11.5. The van der Waals surface area contributed by atoms with E-state index in [1.807, 2.05) is 0 Å². The fourth-order valence-electron chi connectivity index (χ4n) is 1.94. The molecule has 20 heavy (non-hydrogen) atoms. The van der Waals surface area contributed by atoms with Crippen LogP contribution in [-0.4, -0.2) is 49.7 Å². The van der Waals surface area contributed by atoms with Crippen molar-refractivity contribution in [3.05, 3.63) is 34.6 Å². The van der Waals surface area contributed by atoms with Crippen molar-refractivity contribution in [1.29, 1.82) is 0 Å². The Balaban J connectivity index is 2.14. The van der Waals surface area contributed by atoms with Gasteiger partial charge in [0.05, 0.1) is 25.8 Å². The van der Waals surface area contributed by atoms with Crippen LogP contribution in [0.15, 0.2) is 18.2 Å². The highest BCUT2D eigenvalue weighted by Crippen LogP contribution is 2.18. The molecule has 0 spiro atoms. The number of nitrogens with zero attached hydrogens (tertiary/aromatic N) is 1. The molecule has 0 aliphatic carbocycles. The summed E-state index contributed by atoms with van der Waals surface area (Å²) in [5.74, 6) is -1.75. The van der Waals surface area contributed by atoms with Crippen LogP contribution in [-0.2, 0) is 14.3 Å². The molecule has 0 bridgehead atoms. The molecule has 1 aromatic rings. The molecule has 1 atom stereocenters. The molecule has 7 heteroatoms. The molecule has 0 saturated carbocycles. The lowest BCUT2D eigenvalue weighted by atomic mass is 10.1. The van der Waals surface area contributed by atoms with Crippen LogP contribution in [0.2, 0.25) is 5.02 Å². The van der Waals surface area contributed by atoms with E-state index in [1.165, 1.54) is 24.1 Å². The van der Waals surface area contributed by atoms with Gasteiger partial charge in [-0.2, -0.15) is 0 Å². The zero-order valence-electron chi connectivity index (χ0n) is 10.8. The van der Waals surface area contributed by atoms with E-state index in [1.54, 1.807) is 0 Å². The van der Waals surface area contributed by atoms with Crippen molar-refractivity contribution in [2.75, 3.05) is 26.8 Å². The lowest BCUT2D eigenvalue weighted by Gasteiger charge is -2.31. The van der Waals surface area contributed by atoms with Gasteiger partial charge in [-0.1, -0.05) is 11.6 Å². The minimum absolute atomic E-state index is 0.0353. The number of hydrogen-bond acceptors (Lipinski definition) is 4. The van der Waals surface area contributed by atoms with Gasteiger partial charge in [-0.05, 0) is 18.2 Å². The first-order chi connectivity index (χ1) is 9.52. The second-order valence-corrected chi connectivity index (χ2v) is 4.69. The summed E-state index contributed by atoms with van der Waals surface area (Å²) in [6.45, 7) is 0.517. The van der Waals surface area contributed by atoms with Crippen LogP contribution in [0.5, 0.6) is 0 Å². The number of morpholine rings is 1. The molecule has 1 amide bonds. The average molecular weight is 302 g/mol. The second kappa shape index (κ2) is 6.19. The number of carbonyl (C=O) groups is 2. The van der Waals surface area contributed by atoms with Crippen LogP contribution in [0.1, 0.15) is 10.4 Å². The van der Waals surface area contributed by atoms with Crippen molar-refractivity contribution in [2.45, 2.75) is 6.10 Å². The molecular weight excluding hydrogens is 289 g/mol. The van der Waals surface area contributed by atoms with Crippen LogP contribution >= 0.6 is 11.6 Å². The number of methoxy groups -OCH3 is 1. The first-order valence-electron chi connectivity index (χ1n) is 5.96. The van der Waals surface area contributed by atoms with E-state index in [0.717, 1.165) is 6.07 Å². The lowest BCUT2D eigenvalue weighted by molar-refractivity contribution is -0.158. The fraction of sp³-hybridized carbons (Fsp3) is 0.385. The molecule has 0 radical (unpaired) electrons. The highest BCUT2D eigenvalue weighted by Gasteiger charge is 2.31. The summed E-state index contributed by atoms with van der Waals surface area (Å²) in [7, 11) is 1.24. The quantitative estimate of drug-likeness (QED) is 0.777. The van der Waals surface area contributed by atoms with Crippen molar-refractivity contribution in [3.63, 3.8) is 0 Å². The van der Waals surface area contributed by atoms with Crippen LogP contribution in [0.25, 0.3) is 0 Å². The number of benzene rings is 1. The van der Waals surface area contributed by atoms with E-state index >= 15 is 0 Å². The Morgan fingerprint density at radius 1 is 1.50 bits per heavy atom. The Morgan fingerprint density at radius 3 is 2.90 bits per heavy atom.